The summed E-state index contributed by atoms with van der Waals surface area (Å²) in [5, 5.41) is 11.2. The maximum atomic E-state index is 12.3. The van der Waals surface area contributed by atoms with Crippen molar-refractivity contribution in [3.8, 4) is 5.75 Å². The van der Waals surface area contributed by atoms with Gasteiger partial charge in [-0.3, -0.25) is 4.79 Å². The van der Waals surface area contributed by atoms with Crippen molar-refractivity contribution < 1.29 is 9.53 Å². The number of para-hydroxylation sites is 2. The summed E-state index contributed by atoms with van der Waals surface area (Å²) in [6.07, 6.45) is 4.35. The first-order chi connectivity index (χ1) is 12.7. The van der Waals surface area contributed by atoms with Crippen LogP contribution in [0.4, 0.5) is 5.69 Å². The van der Waals surface area contributed by atoms with Crippen LogP contribution in [0.25, 0.3) is 0 Å². The van der Waals surface area contributed by atoms with Gasteiger partial charge in [0.2, 0.25) is 5.91 Å². The Balaban J connectivity index is 1.44. The van der Waals surface area contributed by atoms with Crippen molar-refractivity contribution in [1.82, 2.24) is 19.7 Å². The summed E-state index contributed by atoms with van der Waals surface area (Å²) < 4.78 is 7.55. The number of rotatable bonds is 7. The molecule has 0 radical (unpaired) electrons. The number of aryl methyl sites for hydroxylation is 1. The van der Waals surface area contributed by atoms with Gasteiger partial charge in [-0.25, -0.2) is 0 Å². The summed E-state index contributed by atoms with van der Waals surface area (Å²) in [7, 11) is 1.99. The zero-order chi connectivity index (χ0) is 18.4. The number of likely N-dealkylation sites (tertiary alicyclic amines) is 1. The van der Waals surface area contributed by atoms with E-state index in [1.54, 1.807) is 6.33 Å². The largest absolute Gasteiger partial charge is 0.492 e. The molecule has 0 saturated carbocycles. The second-order valence-corrected chi connectivity index (χ2v) is 6.64. The van der Waals surface area contributed by atoms with Gasteiger partial charge in [0, 0.05) is 25.9 Å². The molecule has 1 fully saturated rings. The van der Waals surface area contributed by atoms with Crippen LogP contribution in [0.1, 0.15) is 37.9 Å². The molecule has 0 unspecified atom stereocenters. The molecule has 1 aliphatic heterocycles. The Morgan fingerprint density at radius 1 is 1.31 bits per heavy atom. The van der Waals surface area contributed by atoms with Crippen LogP contribution in [0.3, 0.4) is 0 Å². The Hall–Kier alpha value is -2.41. The molecular formula is C19H27N5O2. The molecule has 140 valence electrons. The molecule has 0 bridgehead atoms. The number of nitrogens with zero attached hydrogens (tertiary/aromatic N) is 4. The van der Waals surface area contributed by atoms with Crippen molar-refractivity contribution in [3.05, 3.63) is 36.4 Å². The molecule has 1 saturated heterocycles. The number of anilines is 1. The highest BCUT2D eigenvalue weighted by atomic mass is 16.5. The molecule has 1 aliphatic rings. The molecule has 1 amide bonds. The van der Waals surface area contributed by atoms with Crippen LogP contribution in [0.5, 0.6) is 5.75 Å². The second kappa shape index (κ2) is 8.80. The lowest BCUT2D eigenvalue weighted by Crippen LogP contribution is -2.35. The molecular weight excluding hydrogens is 330 g/mol. The first-order valence-corrected chi connectivity index (χ1v) is 9.25. The number of ether oxygens (including phenoxy) is 1. The van der Waals surface area contributed by atoms with Gasteiger partial charge in [0.15, 0.2) is 0 Å². The van der Waals surface area contributed by atoms with E-state index in [2.05, 4.69) is 20.4 Å². The molecule has 0 aliphatic carbocycles. The second-order valence-electron chi connectivity index (χ2n) is 6.64. The third kappa shape index (κ3) is 4.60. The van der Waals surface area contributed by atoms with Crippen molar-refractivity contribution in [3.63, 3.8) is 0 Å². The van der Waals surface area contributed by atoms with Crippen LogP contribution in [-0.2, 0) is 11.8 Å². The number of piperidine rings is 1. The maximum absolute atomic E-state index is 12.3. The summed E-state index contributed by atoms with van der Waals surface area (Å²) >= 11 is 0. The van der Waals surface area contributed by atoms with E-state index in [-0.39, 0.29) is 5.91 Å². The lowest BCUT2D eigenvalue weighted by Gasteiger charge is -2.31. The highest BCUT2D eigenvalue weighted by Gasteiger charge is 2.24. The average molecular weight is 357 g/mol. The van der Waals surface area contributed by atoms with Gasteiger partial charge in [0.25, 0.3) is 0 Å². The van der Waals surface area contributed by atoms with Gasteiger partial charge in [-0.2, -0.15) is 0 Å². The fourth-order valence-electron chi connectivity index (χ4n) is 3.40. The predicted octanol–water partition coefficient (Wildman–Crippen LogP) is 2.42. The van der Waals surface area contributed by atoms with Crippen LogP contribution in [0.15, 0.2) is 30.6 Å². The van der Waals surface area contributed by atoms with E-state index in [0.29, 0.717) is 24.7 Å². The van der Waals surface area contributed by atoms with E-state index >= 15 is 0 Å². The van der Waals surface area contributed by atoms with Crippen LogP contribution < -0.4 is 10.1 Å². The van der Waals surface area contributed by atoms with Gasteiger partial charge in [-0.15, -0.1) is 10.2 Å². The van der Waals surface area contributed by atoms with Crippen LogP contribution in [0.2, 0.25) is 0 Å². The van der Waals surface area contributed by atoms with Gasteiger partial charge in [-0.1, -0.05) is 12.1 Å². The summed E-state index contributed by atoms with van der Waals surface area (Å²) in [6.45, 7) is 5.26. The Bertz CT molecular complexity index is 722. The topological polar surface area (TPSA) is 72.3 Å². The van der Waals surface area contributed by atoms with Gasteiger partial charge in [0.05, 0.1) is 12.3 Å². The molecule has 2 aromatic rings. The maximum Gasteiger partial charge on any atom is 0.225 e. The minimum Gasteiger partial charge on any atom is -0.492 e. The quantitative estimate of drug-likeness (QED) is 0.824. The van der Waals surface area contributed by atoms with E-state index in [9.17, 15) is 4.79 Å². The minimum absolute atomic E-state index is 0.0209. The van der Waals surface area contributed by atoms with Crippen molar-refractivity contribution >= 4 is 11.6 Å². The van der Waals surface area contributed by atoms with E-state index in [1.165, 1.54) is 0 Å². The molecule has 0 spiro atoms. The SMILES string of the molecule is CCOc1ccccc1NC(=O)CCN1CCC(c2nncn2C)CC1. The Morgan fingerprint density at radius 3 is 2.77 bits per heavy atom. The van der Waals surface area contributed by atoms with E-state index in [1.807, 2.05) is 42.8 Å². The molecule has 7 heteroatoms. The fourth-order valence-corrected chi connectivity index (χ4v) is 3.40. The fraction of sp³-hybridized carbons (Fsp3) is 0.526. The highest BCUT2D eigenvalue weighted by molar-refractivity contribution is 5.92. The number of nitrogens with one attached hydrogen (secondary N) is 1. The number of carbonyl (C=O) groups excluding carboxylic acids is 1. The van der Waals surface area contributed by atoms with Crippen molar-refractivity contribution in [2.24, 2.45) is 7.05 Å². The number of amides is 1. The first-order valence-electron chi connectivity index (χ1n) is 9.25. The van der Waals surface area contributed by atoms with Crippen molar-refractivity contribution in [2.45, 2.75) is 32.1 Å². The molecule has 1 N–H and O–H groups in total. The molecule has 1 aromatic heterocycles. The molecule has 3 rings (SSSR count). The molecule has 26 heavy (non-hydrogen) atoms. The molecule has 7 nitrogen and oxygen atoms in total. The molecule has 1 aromatic carbocycles. The normalized spacial score (nSPS) is 15.8. The number of aromatic nitrogens is 3. The summed E-state index contributed by atoms with van der Waals surface area (Å²) in [4.78, 5) is 14.6. The molecule has 2 heterocycles. The lowest BCUT2D eigenvalue weighted by atomic mass is 9.96. The van der Waals surface area contributed by atoms with Gasteiger partial charge in [0.1, 0.15) is 17.9 Å². The Labute approximate surface area is 154 Å². The monoisotopic (exact) mass is 357 g/mol. The zero-order valence-corrected chi connectivity index (χ0v) is 15.5. The predicted molar refractivity (Wildman–Crippen MR) is 100 cm³/mol. The Morgan fingerprint density at radius 2 is 2.08 bits per heavy atom. The van der Waals surface area contributed by atoms with Crippen molar-refractivity contribution in [2.75, 3.05) is 31.6 Å². The zero-order valence-electron chi connectivity index (χ0n) is 15.5. The average Bonchev–Trinajstić information content (AvgIpc) is 3.08. The number of hydrogen-bond donors (Lipinski definition) is 1. The Kier molecular flexibility index (Phi) is 6.22. The number of benzene rings is 1. The number of hydrogen-bond acceptors (Lipinski definition) is 5. The third-order valence-electron chi connectivity index (χ3n) is 4.82. The third-order valence-corrected chi connectivity index (χ3v) is 4.82. The van der Waals surface area contributed by atoms with Gasteiger partial charge < -0.3 is 19.5 Å². The van der Waals surface area contributed by atoms with Crippen molar-refractivity contribution in [1.29, 1.82) is 0 Å². The van der Waals surface area contributed by atoms with Crippen LogP contribution in [-0.4, -0.2) is 51.8 Å². The van der Waals surface area contributed by atoms with Gasteiger partial charge in [-0.05, 0) is 45.0 Å². The van der Waals surface area contributed by atoms with E-state index in [4.69, 9.17) is 4.74 Å². The summed E-state index contributed by atoms with van der Waals surface area (Å²) in [5.41, 5.74) is 0.736. The van der Waals surface area contributed by atoms with E-state index < -0.39 is 0 Å². The molecule has 0 atom stereocenters. The van der Waals surface area contributed by atoms with Gasteiger partial charge >= 0.3 is 0 Å². The first kappa shape index (κ1) is 18.4. The smallest absolute Gasteiger partial charge is 0.225 e. The number of carbonyl (C=O) groups is 1. The lowest BCUT2D eigenvalue weighted by molar-refractivity contribution is -0.116. The standard InChI is InChI=1S/C19H27N5O2/c1-3-26-17-7-5-4-6-16(17)21-18(25)10-13-24-11-8-15(9-12-24)19-22-20-14-23(19)2/h4-7,14-15H,3,8-13H2,1-2H3,(H,21,25). The summed E-state index contributed by atoms with van der Waals surface area (Å²) in [5.74, 6) is 2.26. The summed E-state index contributed by atoms with van der Waals surface area (Å²) in [6, 6.07) is 7.54. The van der Waals surface area contributed by atoms with Crippen LogP contribution >= 0.6 is 0 Å². The van der Waals surface area contributed by atoms with E-state index in [0.717, 1.165) is 44.0 Å². The minimum atomic E-state index is 0.0209. The van der Waals surface area contributed by atoms with Crippen LogP contribution in [0, 0.1) is 0 Å². The highest BCUT2D eigenvalue weighted by Crippen LogP contribution is 2.26.